The Labute approximate surface area is 68.8 Å². The van der Waals surface area contributed by atoms with Crippen molar-refractivity contribution in [2.75, 3.05) is 5.33 Å². The number of rotatable bonds is 4. The lowest BCUT2D eigenvalue weighted by Gasteiger charge is -2.28. The molecule has 3 heteroatoms. The molecule has 0 aromatic carbocycles. The molecular weight excluding hydrogens is 196 g/mol. The fourth-order valence-corrected chi connectivity index (χ4v) is 2.95. The van der Waals surface area contributed by atoms with Crippen LogP contribution >= 0.6 is 15.9 Å². The molecule has 0 aliphatic heterocycles. The molecule has 0 saturated heterocycles. The second-order valence-corrected chi connectivity index (χ2v) is 3.20. The molecule has 0 radical (unpaired) electrons. The van der Waals surface area contributed by atoms with E-state index in [4.69, 9.17) is 4.43 Å². The zero-order chi connectivity index (χ0) is 7.33. The van der Waals surface area contributed by atoms with Gasteiger partial charge in [-0.3, -0.25) is 0 Å². The Morgan fingerprint density at radius 2 is 1.89 bits per heavy atom. The Balaban J connectivity index is 3.82. The fraction of sp³-hybridized carbons (Fsp3) is 1.00. The summed E-state index contributed by atoms with van der Waals surface area (Å²) in [5.74, 6) is 0. The van der Waals surface area contributed by atoms with Crippen molar-refractivity contribution in [1.29, 1.82) is 0 Å². The summed E-state index contributed by atoms with van der Waals surface area (Å²) in [6, 6.07) is 0. The van der Waals surface area contributed by atoms with Gasteiger partial charge in [0.15, 0.2) is 0 Å². The van der Waals surface area contributed by atoms with Gasteiger partial charge >= 0.3 is 0 Å². The van der Waals surface area contributed by atoms with Gasteiger partial charge < -0.3 is 4.43 Å². The Kier molecular flexibility index (Phi) is 4.80. The van der Waals surface area contributed by atoms with Gasteiger partial charge in [0, 0.05) is 5.33 Å². The fourth-order valence-electron chi connectivity index (χ4n) is 0.782. The van der Waals surface area contributed by atoms with Crippen LogP contribution in [0.2, 0.25) is 0 Å². The summed E-state index contributed by atoms with van der Waals surface area (Å²) >= 11 is 3.45. The van der Waals surface area contributed by atoms with E-state index in [9.17, 15) is 0 Å². The molecule has 9 heavy (non-hydrogen) atoms. The van der Waals surface area contributed by atoms with Crippen LogP contribution in [0.4, 0.5) is 0 Å². The molecule has 0 aliphatic carbocycles. The summed E-state index contributed by atoms with van der Waals surface area (Å²) in [5, 5.41) is 0.969. The summed E-state index contributed by atoms with van der Waals surface area (Å²) in [5.41, 5.74) is 0.145. The first-order valence-electron chi connectivity index (χ1n) is 3.35. The summed E-state index contributed by atoms with van der Waals surface area (Å²) in [6.45, 7) is 4.34. The predicted molar refractivity (Wildman–Crippen MR) is 48.1 cm³/mol. The van der Waals surface area contributed by atoms with Crippen LogP contribution in [-0.2, 0) is 4.43 Å². The second-order valence-electron chi connectivity index (χ2n) is 2.23. The molecule has 0 aliphatic rings. The van der Waals surface area contributed by atoms with E-state index >= 15 is 0 Å². The molecule has 0 atom stereocenters. The molecule has 0 saturated carbocycles. The number of halogens is 1. The quantitative estimate of drug-likeness (QED) is 0.502. The highest BCUT2D eigenvalue weighted by atomic mass is 79.9. The van der Waals surface area contributed by atoms with E-state index in [0.717, 1.165) is 28.7 Å². The van der Waals surface area contributed by atoms with Crippen LogP contribution in [0.3, 0.4) is 0 Å². The van der Waals surface area contributed by atoms with Crippen LogP contribution in [0.1, 0.15) is 26.7 Å². The summed E-state index contributed by atoms with van der Waals surface area (Å²) in [7, 11) is 0.845. The summed E-state index contributed by atoms with van der Waals surface area (Å²) < 4.78 is 5.48. The van der Waals surface area contributed by atoms with E-state index in [1.807, 2.05) is 0 Å². The van der Waals surface area contributed by atoms with Crippen molar-refractivity contribution in [2.24, 2.45) is 0 Å². The summed E-state index contributed by atoms with van der Waals surface area (Å²) in [4.78, 5) is 0. The number of alkyl halides is 1. The lowest BCUT2D eigenvalue weighted by Crippen LogP contribution is -2.31. The smallest absolute Gasteiger partial charge is 0.146 e. The maximum absolute atomic E-state index is 5.48. The van der Waals surface area contributed by atoms with Gasteiger partial charge in [-0.1, -0.05) is 29.8 Å². The van der Waals surface area contributed by atoms with Crippen LogP contribution in [0.25, 0.3) is 0 Å². The highest BCUT2D eigenvalue weighted by Gasteiger charge is 2.22. The average molecular weight is 211 g/mol. The van der Waals surface area contributed by atoms with Crippen molar-refractivity contribution in [1.82, 2.24) is 0 Å². The van der Waals surface area contributed by atoms with Crippen molar-refractivity contribution in [3.8, 4) is 0 Å². The molecule has 0 heterocycles. The maximum Gasteiger partial charge on any atom is 0.146 e. The van der Waals surface area contributed by atoms with Gasteiger partial charge in [0.05, 0.1) is 5.60 Å². The van der Waals surface area contributed by atoms with Crippen LogP contribution in [-0.4, -0.2) is 21.4 Å². The van der Waals surface area contributed by atoms with E-state index in [-0.39, 0.29) is 5.60 Å². The van der Waals surface area contributed by atoms with Crippen LogP contribution in [0.15, 0.2) is 0 Å². The highest BCUT2D eigenvalue weighted by molar-refractivity contribution is 9.09. The third kappa shape index (κ3) is 2.39. The molecule has 1 nitrogen and oxygen atoms in total. The summed E-state index contributed by atoms with van der Waals surface area (Å²) in [6.07, 6.45) is 2.22. The van der Waals surface area contributed by atoms with Gasteiger partial charge in [-0.15, -0.1) is 0 Å². The molecule has 0 aromatic heterocycles. The highest BCUT2D eigenvalue weighted by Crippen LogP contribution is 2.20. The topological polar surface area (TPSA) is 9.23 Å². The number of hydrogen-bond acceptors (Lipinski definition) is 1. The SMILES string of the molecule is CCC(CC)(CBr)O[SiH3]. The Hall–Kier alpha value is 0.657. The van der Waals surface area contributed by atoms with Crippen LogP contribution in [0, 0.1) is 0 Å². The molecule has 0 fully saturated rings. The van der Waals surface area contributed by atoms with Gasteiger partial charge in [-0.2, -0.15) is 0 Å². The van der Waals surface area contributed by atoms with E-state index in [1.54, 1.807) is 0 Å². The van der Waals surface area contributed by atoms with E-state index in [1.165, 1.54) is 0 Å². The van der Waals surface area contributed by atoms with Gasteiger partial charge in [0.2, 0.25) is 0 Å². The molecular formula is C6H15BrOSi. The normalized spacial score (nSPS) is 12.3. The third-order valence-electron chi connectivity index (χ3n) is 1.97. The van der Waals surface area contributed by atoms with E-state index in [2.05, 4.69) is 29.8 Å². The maximum atomic E-state index is 5.48. The Morgan fingerprint density at radius 3 is 1.89 bits per heavy atom. The van der Waals surface area contributed by atoms with Gasteiger partial charge in [0.25, 0.3) is 0 Å². The first-order chi connectivity index (χ1) is 4.24. The van der Waals surface area contributed by atoms with Crippen LogP contribution < -0.4 is 0 Å². The van der Waals surface area contributed by atoms with Gasteiger partial charge in [-0.05, 0) is 12.8 Å². The zero-order valence-electron chi connectivity index (χ0n) is 6.41. The average Bonchev–Trinajstić information content (AvgIpc) is 1.95. The molecule has 0 amide bonds. The lowest BCUT2D eigenvalue weighted by molar-refractivity contribution is 0.0991. The van der Waals surface area contributed by atoms with Gasteiger partial charge in [-0.25, -0.2) is 0 Å². The van der Waals surface area contributed by atoms with Crippen molar-refractivity contribution < 1.29 is 4.43 Å². The first-order valence-corrected chi connectivity index (χ1v) is 5.29. The second kappa shape index (κ2) is 4.47. The molecule has 0 spiro atoms. The Bertz CT molecular complexity index is 55.9. The van der Waals surface area contributed by atoms with Crippen molar-refractivity contribution in [3.63, 3.8) is 0 Å². The predicted octanol–water partition coefficient (Wildman–Crippen LogP) is 1.24. The first kappa shape index (κ1) is 9.66. The minimum atomic E-state index is 0.145. The van der Waals surface area contributed by atoms with E-state index in [0.29, 0.717) is 0 Å². The lowest BCUT2D eigenvalue weighted by atomic mass is 10.0. The van der Waals surface area contributed by atoms with Crippen LogP contribution in [0.5, 0.6) is 0 Å². The van der Waals surface area contributed by atoms with Crippen molar-refractivity contribution >= 4 is 26.4 Å². The zero-order valence-corrected chi connectivity index (χ0v) is 9.99. The molecule has 0 aromatic rings. The molecule has 0 N–H and O–H groups in total. The molecule has 0 unspecified atom stereocenters. The molecule has 56 valence electrons. The third-order valence-corrected chi connectivity index (χ3v) is 3.85. The molecule has 0 bridgehead atoms. The van der Waals surface area contributed by atoms with Crippen molar-refractivity contribution in [2.45, 2.75) is 32.3 Å². The van der Waals surface area contributed by atoms with Gasteiger partial charge in [0.1, 0.15) is 10.5 Å². The molecule has 0 rings (SSSR count). The Morgan fingerprint density at radius 1 is 1.44 bits per heavy atom. The van der Waals surface area contributed by atoms with E-state index < -0.39 is 0 Å². The largest absolute Gasteiger partial charge is 0.422 e. The van der Waals surface area contributed by atoms with Crippen molar-refractivity contribution in [3.05, 3.63) is 0 Å². The monoisotopic (exact) mass is 210 g/mol. The minimum absolute atomic E-state index is 0.145. The standard InChI is InChI=1S/C6H15BrOSi/c1-3-6(4-2,5-7)8-9/h3-5H2,1-2,9H3. The number of hydrogen-bond donors (Lipinski definition) is 0. The minimum Gasteiger partial charge on any atom is -0.422 e.